The number of nitrogens with one attached hydrogen (secondary N) is 1. The Bertz CT molecular complexity index is 1070. The molecule has 0 aliphatic carbocycles. The normalized spacial score (nSPS) is 13.6. The number of hydrogen-bond acceptors (Lipinski definition) is 6. The van der Waals surface area contributed by atoms with Crippen LogP contribution < -0.4 is 10.1 Å². The lowest BCUT2D eigenvalue weighted by Crippen LogP contribution is -2.52. The molecule has 1 unspecified atom stereocenters. The number of aromatic nitrogens is 1. The molecule has 3 aromatic rings. The van der Waals surface area contributed by atoms with Crippen LogP contribution in [0.2, 0.25) is 0 Å². The molecule has 2 atom stereocenters. The molecule has 0 fully saturated rings. The second kappa shape index (κ2) is 12.1. The molecular weight excluding hydrogens is 444 g/mol. The summed E-state index contributed by atoms with van der Waals surface area (Å²) in [6, 6.07) is 21.8. The van der Waals surface area contributed by atoms with E-state index in [1.807, 2.05) is 43.3 Å². The molecule has 0 spiro atoms. The van der Waals surface area contributed by atoms with Crippen LogP contribution in [0.15, 0.2) is 72.9 Å². The molecule has 7 nitrogen and oxygen atoms in total. The molecule has 184 valence electrons. The fourth-order valence-corrected chi connectivity index (χ4v) is 3.86. The van der Waals surface area contributed by atoms with Gasteiger partial charge in [-0.25, -0.2) is 4.98 Å². The first-order chi connectivity index (χ1) is 16.8. The average molecular weight is 477 g/mol. The number of ether oxygens (including phenoxy) is 2. The van der Waals surface area contributed by atoms with Gasteiger partial charge in [-0.3, -0.25) is 4.79 Å². The lowest BCUT2D eigenvalue weighted by Gasteiger charge is -2.30. The van der Waals surface area contributed by atoms with Gasteiger partial charge < -0.3 is 24.7 Å². The number of hydrogen-bond donors (Lipinski definition) is 2. The van der Waals surface area contributed by atoms with Gasteiger partial charge in [0, 0.05) is 12.3 Å². The van der Waals surface area contributed by atoms with Gasteiger partial charge in [-0.1, -0.05) is 60.7 Å². The van der Waals surface area contributed by atoms with Crippen molar-refractivity contribution in [3.05, 3.63) is 89.7 Å². The van der Waals surface area contributed by atoms with Crippen molar-refractivity contribution >= 4 is 12.2 Å². The number of amides is 1. The number of aromatic hydroxyl groups is 1. The predicted octanol–water partition coefficient (Wildman–Crippen LogP) is 3.99. The number of nitrogens with zero attached hydrogens (tertiary/aromatic N) is 1. The Morgan fingerprint density at radius 2 is 1.63 bits per heavy atom. The molecule has 2 aromatic carbocycles. The summed E-state index contributed by atoms with van der Waals surface area (Å²) in [5.41, 5.74) is 0.869. The zero-order valence-corrected chi connectivity index (χ0v) is 20.3. The van der Waals surface area contributed by atoms with Crippen molar-refractivity contribution in [3.8, 4) is 11.5 Å². The van der Waals surface area contributed by atoms with Crippen molar-refractivity contribution in [3.63, 3.8) is 0 Å². The van der Waals surface area contributed by atoms with Crippen molar-refractivity contribution in [2.45, 2.75) is 38.3 Å². The molecule has 0 bridgehead atoms. The van der Waals surface area contributed by atoms with Crippen LogP contribution in [0.3, 0.4) is 0 Å². The Hall–Kier alpha value is -3.71. The molecule has 0 saturated carbocycles. The Morgan fingerprint density at radius 3 is 2.14 bits per heavy atom. The van der Waals surface area contributed by atoms with E-state index in [1.54, 1.807) is 6.92 Å². The minimum atomic E-state index is -1.31. The van der Waals surface area contributed by atoms with Crippen LogP contribution in [0.4, 0.5) is 0 Å². The van der Waals surface area contributed by atoms with Crippen molar-refractivity contribution in [2.75, 3.05) is 13.7 Å². The quantitative estimate of drug-likeness (QED) is 0.384. The van der Waals surface area contributed by atoms with E-state index in [1.165, 1.54) is 30.5 Å². The number of rotatable bonds is 12. The monoisotopic (exact) mass is 476 g/mol. The molecule has 0 aliphatic rings. The Morgan fingerprint density at radius 1 is 1.06 bits per heavy atom. The summed E-state index contributed by atoms with van der Waals surface area (Å²) in [6.45, 7) is 3.53. The summed E-state index contributed by atoms with van der Waals surface area (Å²) in [6.07, 6.45) is 3.40. The molecule has 1 aromatic heterocycles. The third-order valence-electron chi connectivity index (χ3n) is 5.97. The molecule has 7 heteroatoms. The highest BCUT2D eigenvalue weighted by Gasteiger charge is 2.31. The summed E-state index contributed by atoms with van der Waals surface area (Å²) >= 11 is 0. The summed E-state index contributed by atoms with van der Waals surface area (Å²) in [5, 5.41) is 12.9. The molecular formula is C28H32N2O5. The Labute approximate surface area is 206 Å². The van der Waals surface area contributed by atoms with Gasteiger partial charge in [0.25, 0.3) is 5.91 Å². The molecule has 35 heavy (non-hydrogen) atoms. The lowest BCUT2D eigenvalue weighted by atomic mass is 9.88. The largest absolute Gasteiger partial charge is 0.503 e. The molecule has 2 N–H and O–H groups in total. The maximum Gasteiger partial charge on any atom is 0.274 e. The molecule has 3 rings (SSSR count). The van der Waals surface area contributed by atoms with Gasteiger partial charge in [0.05, 0.1) is 19.8 Å². The van der Waals surface area contributed by atoms with Crippen LogP contribution in [-0.4, -0.2) is 47.6 Å². The highest BCUT2D eigenvalue weighted by molar-refractivity contribution is 5.97. The minimum absolute atomic E-state index is 0.0335. The van der Waals surface area contributed by atoms with Gasteiger partial charge in [0.2, 0.25) is 0 Å². The van der Waals surface area contributed by atoms with E-state index in [0.717, 1.165) is 12.8 Å². The predicted molar refractivity (Wildman–Crippen MR) is 134 cm³/mol. The number of pyridine rings is 1. The van der Waals surface area contributed by atoms with E-state index < -0.39 is 11.4 Å². The maximum atomic E-state index is 12.8. The Balaban J connectivity index is 1.70. The zero-order chi connectivity index (χ0) is 25.3. The van der Waals surface area contributed by atoms with Gasteiger partial charge in [-0.05, 0) is 43.7 Å². The Kier molecular flexibility index (Phi) is 8.98. The van der Waals surface area contributed by atoms with E-state index in [0.29, 0.717) is 6.29 Å². The highest BCUT2D eigenvalue weighted by Crippen LogP contribution is 2.28. The first-order valence-corrected chi connectivity index (χ1v) is 11.6. The standard InChI is InChI=1S/C28H32N2O5/c1-20(23(16-21-10-6-4-7-11-21)17-22-12-8-5-9-13-22)35-19-28(2,18-31)30-27(33)25-26(32)24(34-3)14-15-29-25/h4-15,18,20,23,32H,16-17,19H2,1-3H3,(H,30,33)/t20?,28-/m1/s1. The smallest absolute Gasteiger partial charge is 0.274 e. The van der Waals surface area contributed by atoms with E-state index in [-0.39, 0.29) is 35.8 Å². The van der Waals surface area contributed by atoms with Crippen LogP contribution in [0, 0.1) is 5.92 Å². The van der Waals surface area contributed by atoms with E-state index in [4.69, 9.17) is 9.47 Å². The van der Waals surface area contributed by atoms with Gasteiger partial charge in [-0.2, -0.15) is 0 Å². The summed E-state index contributed by atoms with van der Waals surface area (Å²) in [7, 11) is 1.38. The lowest BCUT2D eigenvalue weighted by molar-refractivity contribution is -0.116. The van der Waals surface area contributed by atoms with Crippen LogP contribution >= 0.6 is 0 Å². The molecule has 1 heterocycles. The van der Waals surface area contributed by atoms with Gasteiger partial charge in [-0.15, -0.1) is 0 Å². The third-order valence-corrected chi connectivity index (χ3v) is 5.97. The van der Waals surface area contributed by atoms with Gasteiger partial charge >= 0.3 is 0 Å². The van der Waals surface area contributed by atoms with E-state index in [9.17, 15) is 14.7 Å². The summed E-state index contributed by atoms with van der Waals surface area (Å²) < 4.78 is 11.2. The molecule has 0 radical (unpaired) electrons. The summed E-state index contributed by atoms with van der Waals surface area (Å²) in [4.78, 5) is 28.7. The maximum absolute atomic E-state index is 12.8. The second-order valence-corrected chi connectivity index (χ2v) is 8.86. The fraction of sp³-hybridized carbons (Fsp3) is 0.321. The zero-order valence-electron chi connectivity index (χ0n) is 20.3. The number of aldehydes is 1. The van der Waals surface area contributed by atoms with Crippen LogP contribution in [0.5, 0.6) is 11.5 Å². The fourth-order valence-electron chi connectivity index (χ4n) is 3.86. The average Bonchev–Trinajstić information content (AvgIpc) is 2.88. The summed E-state index contributed by atoms with van der Waals surface area (Å²) in [5.74, 6) is -0.818. The first kappa shape index (κ1) is 25.9. The minimum Gasteiger partial charge on any atom is -0.503 e. The van der Waals surface area contributed by atoms with E-state index >= 15 is 0 Å². The second-order valence-electron chi connectivity index (χ2n) is 8.86. The molecule has 0 saturated heterocycles. The van der Waals surface area contributed by atoms with Crippen molar-refractivity contribution in [1.82, 2.24) is 10.3 Å². The number of carbonyl (C=O) groups is 2. The van der Waals surface area contributed by atoms with Gasteiger partial charge in [0.1, 0.15) is 11.8 Å². The number of carbonyl (C=O) groups excluding carboxylic acids is 2. The first-order valence-electron chi connectivity index (χ1n) is 11.6. The van der Waals surface area contributed by atoms with Gasteiger partial charge in [0.15, 0.2) is 17.2 Å². The van der Waals surface area contributed by atoms with Crippen molar-refractivity contribution in [1.29, 1.82) is 0 Å². The van der Waals surface area contributed by atoms with E-state index in [2.05, 4.69) is 34.6 Å². The topological polar surface area (TPSA) is 97.8 Å². The van der Waals surface area contributed by atoms with Crippen LogP contribution in [-0.2, 0) is 22.4 Å². The molecule has 1 amide bonds. The SMILES string of the molecule is COc1ccnc(C(=O)N[C@](C)(C=O)COC(C)C(Cc2ccccc2)Cc2ccccc2)c1O. The van der Waals surface area contributed by atoms with Crippen LogP contribution in [0.25, 0.3) is 0 Å². The highest BCUT2D eigenvalue weighted by atomic mass is 16.5. The van der Waals surface area contributed by atoms with Crippen LogP contribution in [0.1, 0.15) is 35.5 Å². The number of benzene rings is 2. The third kappa shape index (κ3) is 7.13. The van der Waals surface area contributed by atoms with Crippen molar-refractivity contribution in [2.24, 2.45) is 5.92 Å². The molecule has 0 aliphatic heterocycles. The number of methoxy groups -OCH3 is 1. The van der Waals surface area contributed by atoms with Crippen molar-refractivity contribution < 1.29 is 24.2 Å².